The molecule has 1 fully saturated rings. The van der Waals surface area contributed by atoms with Crippen molar-refractivity contribution < 1.29 is 13.2 Å². The Morgan fingerprint density at radius 1 is 1.53 bits per heavy atom. The Kier molecular flexibility index (Phi) is 3.83. The van der Waals surface area contributed by atoms with Crippen LogP contribution in [-0.4, -0.2) is 39.7 Å². The van der Waals surface area contributed by atoms with Gasteiger partial charge in [0.2, 0.25) is 15.9 Å². The monoisotopic (exact) mass is 233 g/mol. The van der Waals surface area contributed by atoms with E-state index in [-0.39, 0.29) is 18.2 Å². The van der Waals surface area contributed by atoms with E-state index in [2.05, 4.69) is 10.6 Å². The van der Waals surface area contributed by atoms with Crippen molar-refractivity contribution in [3.8, 4) is 0 Å². The van der Waals surface area contributed by atoms with Gasteiger partial charge in [-0.3, -0.25) is 4.79 Å². The van der Waals surface area contributed by atoms with E-state index in [0.29, 0.717) is 5.57 Å². The molecule has 0 bridgehead atoms. The molecule has 86 valence electrons. The maximum absolute atomic E-state index is 11.4. The highest BCUT2D eigenvalue weighted by Crippen LogP contribution is 2.08. The quantitative estimate of drug-likeness (QED) is 0.504. The van der Waals surface area contributed by atoms with Crippen molar-refractivity contribution in [1.82, 2.24) is 10.6 Å². The van der Waals surface area contributed by atoms with Crippen LogP contribution >= 0.6 is 0 Å². The molecule has 0 atom stereocenters. The molecule has 0 spiro atoms. The number of carbonyl (C=O) groups is 1. The van der Waals surface area contributed by atoms with Gasteiger partial charge in [-0.2, -0.15) is 0 Å². The Labute approximate surface area is 89.0 Å². The smallest absolute Gasteiger partial charge is 0.246 e. The van der Waals surface area contributed by atoms with Gasteiger partial charge in [0, 0.05) is 25.2 Å². The van der Waals surface area contributed by atoms with E-state index in [1.807, 2.05) is 0 Å². The zero-order valence-corrected chi connectivity index (χ0v) is 9.36. The van der Waals surface area contributed by atoms with Crippen LogP contribution in [0.25, 0.3) is 0 Å². The molecule has 1 heterocycles. The van der Waals surface area contributed by atoms with Crippen molar-refractivity contribution in [2.24, 2.45) is 5.14 Å². The number of hydrogen-bond acceptors (Lipinski definition) is 4. The summed E-state index contributed by atoms with van der Waals surface area (Å²) in [6, 6.07) is 0. The van der Waals surface area contributed by atoms with Crippen LogP contribution in [0.15, 0.2) is 11.1 Å². The summed E-state index contributed by atoms with van der Waals surface area (Å²) < 4.78 is 21.2. The Bertz CT molecular complexity index is 380. The van der Waals surface area contributed by atoms with Crippen LogP contribution in [0.3, 0.4) is 0 Å². The first kappa shape index (κ1) is 12.2. The van der Waals surface area contributed by atoms with Crippen molar-refractivity contribution in [2.75, 3.05) is 25.4 Å². The molecular weight excluding hydrogens is 218 g/mol. The van der Waals surface area contributed by atoms with E-state index in [1.165, 1.54) is 0 Å². The molecule has 1 amide bonds. The van der Waals surface area contributed by atoms with Crippen molar-refractivity contribution >= 4 is 15.9 Å². The molecule has 1 rings (SSSR count). The van der Waals surface area contributed by atoms with Gasteiger partial charge in [0.25, 0.3) is 0 Å². The predicted octanol–water partition coefficient (Wildman–Crippen LogP) is -1.69. The molecule has 0 aromatic rings. The average Bonchev–Trinajstić information content (AvgIpc) is 1.98. The zero-order valence-electron chi connectivity index (χ0n) is 8.54. The molecule has 1 aliphatic rings. The van der Waals surface area contributed by atoms with E-state index in [9.17, 15) is 13.2 Å². The number of carbonyl (C=O) groups excluding carboxylic acids is 1. The van der Waals surface area contributed by atoms with Gasteiger partial charge < -0.3 is 10.6 Å². The molecule has 0 aliphatic carbocycles. The van der Waals surface area contributed by atoms with Gasteiger partial charge >= 0.3 is 0 Å². The standard InChI is InChI=1S/C8H15N3O3S/c1-6(7-4-10-5-7)8(12)11-2-3-15(9,13)14/h10H,2-5H2,1H3,(H,11,12)(H2,9,13,14). The number of hydrogen-bond donors (Lipinski definition) is 3. The number of nitrogens with one attached hydrogen (secondary N) is 2. The summed E-state index contributed by atoms with van der Waals surface area (Å²) in [7, 11) is -3.50. The van der Waals surface area contributed by atoms with Crippen LogP contribution in [-0.2, 0) is 14.8 Å². The fourth-order valence-electron chi connectivity index (χ4n) is 1.12. The second kappa shape index (κ2) is 4.73. The summed E-state index contributed by atoms with van der Waals surface area (Å²) in [5, 5.41) is 10.3. The summed E-state index contributed by atoms with van der Waals surface area (Å²) in [6.07, 6.45) is 0. The summed E-state index contributed by atoms with van der Waals surface area (Å²) in [4.78, 5) is 11.4. The Morgan fingerprint density at radius 3 is 2.53 bits per heavy atom. The molecule has 6 nitrogen and oxygen atoms in total. The number of rotatable bonds is 4. The molecule has 0 radical (unpaired) electrons. The normalized spacial score (nSPS) is 15.7. The van der Waals surface area contributed by atoms with Gasteiger partial charge in [-0.15, -0.1) is 0 Å². The van der Waals surface area contributed by atoms with Crippen molar-refractivity contribution in [2.45, 2.75) is 6.92 Å². The van der Waals surface area contributed by atoms with E-state index in [1.54, 1.807) is 6.92 Å². The first-order chi connectivity index (χ1) is 6.90. The molecule has 0 aromatic carbocycles. The number of amides is 1. The minimum atomic E-state index is -3.50. The van der Waals surface area contributed by atoms with Gasteiger partial charge in [-0.05, 0) is 12.5 Å². The summed E-state index contributed by atoms with van der Waals surface area (Å²) in [6.45, 7) is 3.24. The maximum atomic E-state index is 11.4. The second-order valence-electron chi connectivity index (χ2n) is 3.45. The van der Waals surface area contributed by atoms with Crippen LogP contribution in [0.4, 0.5) is 0 Å². The van der Waals surface area contributed by atoms with Crippen LogP contribution in [0.2, 0.25) is 0 Å². The predicted molar refractivity (Wildman–Crippen MR) is 56.6 cm³/mol. The lowest BCUT2D eigenvalue weighted by molar-refractivity contribution is -0.117. The first-order valence-electron chi connectivity index (χ1n) is 4.58. The number of primary sulfonamides is 1. The van der Waals surface area contributed by atoms with Crippen molar-refractivity contribution in [3.63, 3.8) is 0 Å². The van der Waals surface area contributed by atoms with Crippen molar-refractivity contribution in [1.29, 1.82) is 0 Å². The fraction of sp³-hybridized carbons (Fsp3) is 0.625. The van der Waals surface area contributed by atoms with Crippen LogP contribution in [0.1, 0.15) is 6.92 Å². The second-order valence-corrected chi connectivity index (χ2v) is 5.19. The zero-order chi connectivity index (χ0) is 11.5. The number of sulfonamides is 1. The van der Waals surface area contributed by atoms with E-state index in [0.717, 1.165) is 18.7 Å². The first-order valence-corrected chi connectivity index (χ1v) is 6.30. The minimum absolute atomic E-state index is 0.0513. The van der Waals surface area contributed by atoms with Crippen LogP contribution in [0.5, 0.6) is 0 Å². The summed E-state index contributed by atoms with van der Waals surface area (Å²) in [5.41, 5.74) is 1.71. The topological polar surface area (TPSA) is 101 Å². The number of nitrogens with two attached hydrogens (primary N) is 1. The average molecular weight is 233 g/mol. The molecule has 0 saturated carbocycles. The largest absolute Gasteiger partial charge is 0.351 e. The SMILES string of the molecule is CC(C(=O)NCCS(N)(=O)=O)=C1CNC1. The van der Waals surface area contributed by atoms with Gasteiger partial charge in [0.05, 0.1) is 5.75 Å². The Balaban J connectivity index is 2.37. The maximum Gasteiger partial charge on any atom is 0.246 e. The van der Waals surface area contributed by atoms with E-state index in [4.69, 9.17) is 5.14 Å². The van der Waals surface area contributed by atoms with Crippen LogP contribution < -0.4 is 15.8 Å². The molecule has 15 heavy (non-hydrogen) atoms. The molecule has 7 heteroatoms. The van der Waals surface area contributed by atoms with Gasteiger partial charge in [-0.1, -0.05) is 0 Å². The van der Waals surface area contributed by atoms with Crippen molar-refractivity contribution in [3.05, 3.63) is 11.1 Å². The highest BCUT2D eigenvalue weighted by atomic mass is 32.2. The Hall–Kier alpha value is -0.920. The lowest BCUT2D eigenvalue weighted by Crippen LogP contribution is -2.38. The highest BCUT2D eigenvalue weighted by Gasteiger charge is 2.15. The summed E-state index contributed by atoms with van der Waals surface area (Å²) >= 11 is 0. The fourth-order valence-corrected chi connectivity index (χ4v) is 1.50. The van der Waals surface area contributed by atoms with E-state index >= 15 is 0 Å². The lowest BCUT2D eigenvalue weighted by atomic mass is 10.0. The minimum Gasteiger partial charge on any atom is -0.351 e. The van der Waals surface area contributed by atoms with Gasteiger partial charge in [0.1, 0.15) is 0 Å². The Morgan fingerprint density at radius 2 is 2.13 bits per heavy atom. The molecular formula is C8H15N3O3S. The highest BCUT2D eigenvalue weighted by molar-refractivity contribution is 7.89. The summed E-state index contributed by atoms with van der Waals surface area (Å²) in [5.74, 6) is -0.463. The molecule has 0 unspecified atom stereocenters. The van der Waals surface area contributed by atoms with Gasteiger partial charge in [-0.25, -0.2) is 13.6 Å². The third-order valence-corrected chi connectivity index (χ3v) is 2.99. The molecule has 1 aliphatic heterocycles. The third kappa shape index (κ3) is 3.98. The van der Waals surface area contributed by atoms with Crippen LogP contribution in [0, 0.1) is 0 Å². The molecule has 1 saturated heterocycles. The lowest BCUT2D eigenvalue weighted by Gasteiger charge is -2.21. The molecule has 0 aromatic heterocycles. The third-order valence-electron chi connectivity index (χ3n) is 2.22. The molecule has 4 N–H and O–H groups in total. The van der Waals surface area contributed by atoms with E-state index < -0.39 is 10.0 Å². The van der Waals surface area contributed by atoms with Gasteiger partial charge in [0.15, 0.2) is 0 Å².